The number of rotatable bonds is 12. The van der Waals surface area contributed by atoms with E-state index in [0.29, 0.717) is 30.6 Å². The minimum absolute atomic E-state index is 0.0650. The zero-order valence-electron chi connectivity index (χ0n) is 25.1. The third-order valence-electron chi connectivity index (χ3n) is 10.5. The molecule has 0 aliphatic heterocycles. The fraction of sp³-hybridized carbons (Fsp3) is 0.600. The second-order valence-corrected chi connectivity index (χ2v) is 14.5. The van der Waals surface area contributed by atoms with Gasteiger partial charge in [0.25, 0.3) is 10.1 Å². The van der Waals surface area contributed by atoms with Gasteiger partial charge < -0.3 is 9.84 Å². The molecule has 0 unspecified atom stereocenters. The van der Waals surface area contributed by atoms with Gasteiger partial charge in [0.05, 0.1) is 23.7 Å². The van der Waals surface area contributed by atoms with Crippen LogP contribution in [-0.4, -0.2) is 32.3 Å². The van der Waals surface area contributed by atoms with Gasteiger partial charge in [0.15, 0.2) is 0 Å². The molecule has 5 atom stereocenters. The van der Waals surface area contributed by atoms with E-state index in [4.69, 9.17) is 8.92 Å². The van der Waals surface area contributed by atoms with Crippen LogP contribution in [0, 0.1) is 24.2 Å². The van der Waals surface area contributed by atoms with Crippen LogP contribution in [0.25, 0.3) is 0 Å². The van der Waals surface area contributed by atoms with Gasteiger partial charge in [-0.1, -0.05) is 56.2 Å². The van der Waals surface area contributed by atoms with Gasteiger partial charge in [0.2, 0.25) is 0 Å². The van der Waals surface area contributed by atoms with Crippen LogP contribution in [0.15, 0.2) is 59.5 Å². The molecule has 5 rings (SSSR count). The maximum Gasteiger partial charge on any atom is 0.296 e. The quantitative estimate of drug-likeness (QED) is 0.157. The first kappa shape index (κ1) is 30.3. The van der Waals surface area contributed by atoms with Crippen molar-refractivity contribution in [2.75, 3.05) is 13.2 Å². The smallest absolute Gasteiger partial charge is 0.296 e. The Hall–Kier alpha value is -2.15. The van der Waals surface area contributed by atoms with Gasteiger partial charge in [-0.2, -0.15) is 8.42 Å². The lowest BCUT2D eigenvalue weighted by molar-refractivity contribution is -0.100. The van der Waals surface area contributed by atoms with Crippen LogP contribution in [0.3, 0.4) is 0 Å². The summed E-state index contributed by atoms with van der Waals surface area (Å²) in [5, 5.41) is 12.0. The van der Waals surface area contributed by atoms with Gasteiger partial charge in [-0.15, -0.1) is 0 Å². The number of aliphatic hydroxyl groups is 1. The van der Waals surface area contributed by atoms with Crippen molar-refractivity contribution in [3.63, 3.8) is 0 Å². The summed E-state index contributed by atoms with van der Waals surface area (Å²) in [6.45, 7) is 7.40. The van der Waals surface area contributed by atoms with Crippen molar-refractivity contribution in [3.05, 3.63) is 71.3 Å². The van der Waals surface area contributed by atoms with Crippen molar-refractivity contribution in [2.45, 2.75) is 108 Å². The average Bonchev–Trinajstić information content (AvgIpc) is 3.23. The number of unbranched alkanes of at least 4 members (excludes halogenated alkanes) is 2. The van der Waals surface area contributed by atoms with Crippen LogP contribution in [0.4, 0.5) is 0 Å². The maximum absolute atomic E-state index is 12.4. The number of aryl methyl sites for hydroxylation is 2. The molecule has 0 amide bonds. The Kier molecular flexibility index (Phi) is 9.32. The molecule has 0 bridgehead atoms. The molecule has 0 aromatic heterocycles. The molecular weight excluding hydrogens is 532 g/mol. The second kappa shape index (κ2) is 12.6. The predicted octanol–water partition coefficient (Wildman–Crippen LogP) is 7.89. The standard InChI is InChI=1S/C35H48O5S/c1-4-5-23-39-28-13-17-30-27(25-28)12-16-32-31(30)18-21-34(3)33(32)19-22-35(34,36)20-8-6-7-9-24-40-41(37,38)29-14-10-26(2)11-15-29/h6,8,10-11,13-15,17,25,31-33,36H,4-5,7,9,12,16,18-24H2,1-3H3/b8-6+/t31-,32-,33+,34+,35+/m1/s1. The van der Waals surface area contributed by atoms with Gasteiger partial charge in [0, 0.05) is 0 Å². The van der Waals surface area contributed by atoms with Crippen molar-refractivity contribution >= 4 is 10.1 Å². The molecule has 2 aromatic rings. The number of fused-ring (bicyclic) bond motifs is 5. The highest BCUT2D eigenvalue weighted by atomic mass is 32.2. The Labute approximate surface area is 247 Å². The molecule has 2 fully saturated rings. The van der Waals surface area contributed by atoms with Crippen LogP contribution in [0.5, 0.6) is 5.75 Å². The summed E-state index contributed by atoms with van der Waals surface area (Å²) < 4.78 is 36.0. The molecule has 2 aromatic carbocycles. The zero-order valence-corrected chi connectivity index (χ0v) is 25.9. The molecule has 1 N–H and O–H groups in total. The number of hydrogen-bond donors (Lipinski definition) is 1. The van der Waals surface area contributed by atoms with Crippen molar-refractivity contribution in [3.8, 4) is 5.75 Å². The maximum atomic E-state index is 12.4. The van der Waals surface area contributed by atoms with Gasteiger partial charge in [-0.25, -0.2) is 0 Å². The molecule has 5 nitrogen and oxygen atoms in total. The summed E-state index contributed by atoms with van der Waals surface area (Å²) in [5.41, 5.74) is 3.26. The first-order valence-corrected chi connectivity index (χ1v) is 17.2. The third kappa shape index (κ3) is 6.30. The molecule has 2 saturated carbocycles. The Morgan fingerprint density at radius 1 is 1.00 bits per heavy atom. The van der Waals surface area contributed by atoms with E-state index in [1.807, 2.05) is 6.92 Å². The number of benzene rings is 2. The van der Waals surface area contributed by atoms with Crippen LogP contribution in [0.1, 0.15) is 101 Å². The van der Waals surface area contributed by atoms with Crippen LogP contribution >= 0.6 is 0 Å². The summed E-state index contributed by atoms with van der Waals surface area (Å²) >= 11 is 0. The monoisotopic (exact) mass is 580 g/mol. The molecular formula is C35H48O5S. The minimum Gasteiger partial charge on any atom is -0.494 e. The molecule has 0 radical (unpaired) electrons. The lowest BCUT2D eigenvalue weighted by Gasteiger charge is -2.53. The summed E-state index contributed by atoms with van der Waals surface area (Å²) in [6, 6.07) is 13.5. The minimum atomic E-state index is -3.72. The Morgan fingerprint density at radius 3 is 2.59 bits per heavy atom. The zero-order chi connectivity index (χ0) is 29.1. The van der Waals surface area contributed by atoms with Gasteiger partial charge in [-0.05, 0) is 130 Å². The molecule has 3 aliphatic carbocycles. The van der Waals surface area contributed by atoms with Crippen LogP contribution in [-0.2, 0) is 20.7 Å². The summed E-state index contributed by atoms with van der Waals surface area (Å²) in [7, 11) is -3.72. The molecule has 0 spiro atoms. The van der Waals surface area contributed by atoms with E-state index in [0.717, 1.165) is 69.3 Å². The second-order valence-electron chi connectivity index (χ2n) is 12.9. The first-order chi connectivity index (χ1) is 19.7. The highest BCUT2D eigenvalue weighted by Gasteiger charge is 2.60. The molecule has 41 heavy (non-hydrogen) atoms. The lowest BCUT2D eigenvalue weighted by Crippen LogP contribution is -2.50. The SMILES string of the molecule is CCCCOc1ccc2c(c1)CC[C@@H]1[C@@H]2CC[C@@]2(C)[C@H]1CC[C@@]2(O)C/C=C/CCCOS(=O)(=O)c1ccc(C)cc1. The summed E-state index contributed by atoms with van der Waals surface area (Å²) in [4.78, 5) is 0.197. The Morgan fingerprint density at radius 2 is 1.80 bits per heavy atom. The van der Waals surface area contributed by atoms with E-state index in [9.17, 15) is 13.5 Å². The third-order valence-corrected chi connectivity index (χ3v) is 11.8. The van der Waals surface area contributed by atoms with Crippen molar-refractivity contribution in [2.24, 2.45) is 17.3 Å². The predicted molar refractivity (Wildman–Crippen MR) is 164 cm³/mol. The molecule has 3 aliphatic rings. The largest absolute Gasteiger partial charge is 0.494 e. The summed E-state index contributed by atoms with van der Waals surface area (Å²) in [6.07, 6.45) is 14.9. The van der Waals surface area contributed by atoms with E-state index in [1.165, 1.54) is 17.5 Å². The normalized spacial score (nSPS) is 29.2. The highest BCUT2D eigenvalue weighted by Crippen LogP contribution is 2.65. The first-order valence-electron chi connectivity index (χ1n) is 15.8. The highest BCUT2D eigenvalue weighted by molar-refractivity contribution is 7.86. The van der Waals surface area contributed by atoms with E-state index >= 15 is 0 Å². The molecule has 6 heteroatoms. The number of ether oxygens (including phenoxy) is 1. The van der Waals surface area contributed by atoms with E-state index < -0.39 is 15.7 Å². The van der Waals surface area contributed by atoms with E-state index in [1.54, 1.807) is 24.3 Å². The van der Waals surface area contributed by atoms with E-state index in [2.05, 4.69) is 44.2 Å². The van der Waals surface area contributed by atoms with Gasteiger partial charge in [-0.3, -0.25) is 4.18 Å². The van der Waals surface area contributed by atoms with Crippen molar-refractivity contribution in [1.82, 2.24) is 0 Å². The molecule has 0 heterocycles. The van der Waals surface area contributed by atoms with Crippen LogP contribution < -0.4 is 4.74 Å². The number of hydrogen-bond acceptors (Lipinski definition) is 5. The Balaban J connectivity index is 1.13. The van der Waals surface area contributed by atoms with Gasteiger partial charge in [0.1, 0.15) is 5.75 Å². The van der Waals surface area contributed by atoms with E-state index in [-0.39, 0.29) is 16.9 Å². The fourth-order valence-corrected chi connectivity index (χ4v) is 8.91. The average molecular weight is 581 g/mol. The van der Waals surface area contributed by atoms with Crippen molar-refractivity contribution in [1.29, 1.82) is 0 Å². The Bertz CT molecular complexity index is 1320. The van der Waals surface area contributed by atoms with Crippen LogP contribution in [0.2, 0.25) is 0 Å². The fourth-order valence-electron chi connectivity index (χ4n) is 7.97. The van der Waals surface area contributed by atoms with Gasteiger partial charge >= 0.3 is 0 Å². The lowest BCUT2D eigenvalue weighted by atomic mass is 9.53. The molecule has 224 valence electrons. The topological polar surface area (TPSA) is 72.8 Å². The number of allylic oxidation sites excluding steroid dienone is 1. The van der Waals surface area contributed by atoms with Crippen molar-refractivity contribution < 1.29 is 22.4 Å². The molecule has 0 saturated heterocycles. The summed E-state index contributed by atoms with van der Waals surface area (Å²) in [5.74, 6) is 2.79.